The highest BCUT2D eigenvalue weighted by Gasteiger charge is 2.20. The second-order valence-corrected chi connectivity index (χ2v) is 5.08. The number of nitrogens with one attached hydrogen (secondary N) is 1. The molecule has 0 radical (unpaired) electrons. The normalized spacial score (nSPS) is 11.4. The Morgan fingerprint density at radius 2 is 2.09 bits per heavy atom. The second kappa shape index (κ2) is 9.17. The third-order valence-electron chi connectivity index (χ3n) is 3.11. The van der Waals surface area contributed by atoms with Gasteiger partial charge in [0.25, 0.3) is 5.91 Å². The Kier molecular flexibility index (Phi) is 7.57. The highest BCUT2D eigenvalue weighted by Crippen LogP contribution is 2.20. The van der Waals surface area contributed by atoms with Crippen LogP contribution < -0.4 is 15.8 Å². The van der Waals surface area contributed by atoms with Gasteiger partial charge in [-0.1, -0.05) is 25.1 Å². The van der Waals surface area contributed by atoms with Crippen LogP contribution in [0.2, 0.25) is 0 Å². The van der Waals surface area contributed by atoms with E-state index >= 15 is 0 Å². The highest BCUT2D eigenvalue weighted by molar-refractivity contribution is 5.95. The number of halogens is 1. The molecule has 23 heavy (non-hydrogen) atoms. The van der Waals surface area contributed by atoms with Gasteiger partial charge in [-0.15, -0.1) is 12.4 Å². The number of para-hydroxylation sites is 1. The number of hydrogen-bond acceptors (Lipinski definition) is 4. The molecule has 1 heterocycles. The lowest BCUT2D eigenvalue weighted by Gasteiger charge is -2.10. The summed E-state index contributed by atoms with van der Waals surface area (Å²) in [7, 11) is 0. The lowest BCUT2D eigenvalue weighted by atomic mass is 10.3. The SMILES string of the molecule is CCCOc1cn(-c2ccccc2)nc1C(=O)N[C@@H](C)CN.Cl. The van der Waals surface area contributed by atoms with E-state index in [4.69, 9.17) is 10.5 Å². The van der Waals surface area contributed by atoms with Crippen molar-refractivity contribution in [3.05, 3.63) is 42.2 Å². The van der Waals surface area contributed by atoms with E-state index in [2.05, 4.69) is 10.4 Å². The second-order valence-electron chi connectivity index (χ2n) is 5.08. The molecule has 0 fully saturated rings. The minimum atomic E-state index is -0.279. The monoisotopic (exact) mass is 338 g/mol. The molecule has 7 heteroatoms. The molecule has 0 saturated heterocycles. The van der Waals surface area contributed by atoms with Gasteiger partial charge in [0.2, 0.25) is 0 Å². The smallest absolute Gasteiger partial charge is 0.275 e. The first-order valence-electron chi connectivity index (χ1n) is 7.44. The minimum absolute atomic E-state index is 0. The van der Waals surface area contributed by atoms with Crippen molar-refractivity contribution in [2.24, 2.45) is 5.73 Å². The van der Waals surface area contributed by atoms with Crippen LogP contribution in [0, 0.1) is 0 Å². The molecule has 126 valence electrons. The van der Waals surface area contributed by atoms with Gasteiger partial charge < -0.3 is 15.8 Å². The number of nitrogens with zero attached hydrogens (tertiary/aromatic N) is 2. The quantitative estimate of drug-likeness (QED) is 0.810. The van der Waals surface area contributed by atoms with Gasteiger partial charge in [0.05, 0.1) is 18.5 Å². The Labute approximate surface area is 142 Å². The van der Waals surface area contributed by atoms with Crippen LogP contribution in [0.5, 0.6) is 5.75 Å². The molecule has 1 aromatic carbocycles. The van der Waals surface area contributed by atoms with Crippen molar-refractivity contribution < 1.29 is 9.53 Å². The number of hydrogen-bond donors (Lipinski definition) is 2. The molecular formula is C16H23ClN4O2. The maximum Gasteiger partial charge on any atom is 0.275 e. The predicted molar refractivity (Wildman–Crippen MR) is 92.6 cm³/mol. The van der Waals surface area contributed by atoms with Crippen molar-refractivity contribution in [1.29, 1.82) is 0 Å². The van der Waals surface area contributed by atoms with Crippen molar-refractivity contribution in [2.45, 2.75) is 26.3 Å². The first kappa shape index (κ1) is 19.0. The van der Waals surface area contributed by atoms with Gasteiger partial charge in [-0.25, -0.2) is 4.68 Å². The highest BCUT2D eigenvalue weighted by atomic mass is 35.5. The van der Waals surface area contributed by atoms with Gasteiger partial charge in [0.1, 0.15) is 0 Å². The summed E-state index contributed by atoms with van der Waals surface area (Å²) in [4.78, 5) is 12.3. The zero-order chi connectivity index (χ0) is 15.9. The molecule has 0 unspecified atom stereocenters. The van der Waals surface area contributed by atoms with Gasteiger partial charge in [0, 0.05) is 12.6 Å². The Balaban J connectivity index is 0.00000264. The molecular weight excluding hydrogens is 316 g/mol. The van der Waals surface area contributed by atoms with Gasteiger partial charge >= 0.3 is 0 Å². The summed E-state index contributed by atoms with van der Waals surface area (Å²) in [5, 5.41) is 7.17. The van der Waals surface area contributed by atoms with Crippen LogP contribution in [-0.2, 0) is 0 Å². The molecule has 0 aliphatic heterocycles. The van der Waals surface area contributed by atoms with E-state index in [0.717, 1.165) is 12.1 Å². The average molecular weight is 339 g/mol. The number of benzene rings is 1. The number of amides is 1. The molecule has 1 amide bonds. The lowest BCUT2D eigenvalue weighted by Crippen LogP contribution is -2.38. The van der Waals surface area contributed by atoms with Gasteiger partial charge in [-0.3, -0.25) is 4.79 Å². The molecule has 0 spiro atoms. The van der Waals surface area contributed by atoms with E-state index in [0.29, 0.717) is 18.9 Å². The summed E-state index contributed by atoms with van der Waals surface area (Å²) in [6.45, 7) is 4.76. The number of rotatable bonds is 7. The van der Waals surface area contributed by atoms with E-state index in [1.54, 1.807) is 10.9 Å². The van der Waals surface area contributed by atoms with Crippen LogP contribution >= 0.6 is 12.4 Å². The summed E-state index contributed by atoms with van der Waals surface area (Å²) >= 11 is 0. The molecule has 3 N–H and O–H groups in total. The van der Waals surface area contributed by atoms with Crippen LogP contribution in [0.4, 0.5) is 0 Å². The van der Waals surface area contributed by atoms with Crippen molar-refractivity contribution in [3.63, 3.8) is 0 Å². The fourth-order valence-electron chi connectivity index (χ4n) is 1.90. The fraction of sp³-hybridized carbons (Fsp3) is 0.375. The lowest BCUT2D eigenvalue weighted by molar-refractivity contribution is 0.0932. The van der Waals surface area contributed by atoms with Crippen LogP contribution in [0.1, 0.15) is 30.8 Å². The Morgan fingerprint density at radius 3 is 2.70 bits per heavy atom. The standard InChI is InChI=1S/C16H22N4O2.ClH/c1-3-9-22-14-11-20(13-7-5-4-6-8-13)19-15(14)16(21)18-12(2)10-17;/h4-8,11-12H,3,9-10,17H2,1-2H3,(H,18,21);1H/t12-;/m0./s1. The maximum atomic E-state index is 12.3. The molecule has 2 aromatic rings. The van der Waals surface area contributed by atoms with Gasteiger partial charge in [-0.05, 0) is 25.5 Å². The van der Waals surface area contributed by atoms with Crippen LogP contribution in [-0.4, -0.2) is 34.9 Å². The largest absolute Gasteiger partial charge is 0.489 e. The molecule has 0 aliphatic rings. The molecule has 0 saturated carbocycles. The number of carbonyl (C=O) groups excluding carboxylic acids is 1. The zero-order valence-corrected chi connectivity index (χ0v) is 14.2. The Bertz CT molecular complexity index is 616. The van der Waals surface area contributed by atoms with Crippen molar-refractivity contribution in [1.82, 2.24) is 15.1 Å². The summed E-state index contributed by atoms with van der Waals surface area (Å²) in [6, 6.07) is 9.48. The third-order valence-corrected chi connectivity index (χ3v) is 3.11. The predicted octanol–water partition coefficient (Wildman–Crippen LogP) is 2.16. The molecule has 2 rings (SSSR count). The van der Waals surface area contributed by atoms with Crippen LogP contribution in [0.15, 0.2) is 36.5 Å². The Morgan fingerprint density at radius 1 is 1.39 bits per heavy atom. The summed E-state index contributed by atoms with van der Waals surface area (Å²) in [6.07, 6.45) is 2.59. The fourth-order valence-corrected chi connectivity index (χ4v) is 1.90. The van der Waals surface area contributed by atoms with Gasteiger partial charge in [0.15, 0.2) is 11.4 Å². The number of carbonyl (C=O) groups is 1. The van der Waals surface area contributed by atoms with Gasteiger partial charge in [-0.2, -0.15) is 5.10 Å². The molecule has 1 aromatic heterocycles. The molecule has 0 bridgehead atoms. The van der Waals surface area contributed by atoms with Crippen molar-refractivity contribution in [2.75, 3.05) is 13.2 Å². The summed E-state index contributed by atoms with van der Waals surface area (Å²) in [5.41, 5.74) is 6.69. The number of nitrogens with two attached hydrogens (primary N) is 1. The first-order valence-corrected chi connectivity index (χ1v) is 7.44. The maximum absolute atomic E-state index is 12.3. The van der Waals surface area contributed by atoms with E-state index in [1.165, 1.54) is 0 Å². The number of aromatic nitrogens is 2. The van der Waals surface area contributed by atoms with E-state index in [1.807, 2.05) is 44.2 Å². The Hall–Kier alpha value is -2.05. The van der Waals surface area contributed by atoms with E-state index in [-0.39, 0.29) is 30.0 Å². The van der Waals surface area contributed by atoms with Crippen LogP contribution in [0.25, 0.3) is 5.69 Å². The van der Waals surface area contributed by atoms with Crippen molar-refractivity contribution >= 4 is 18.3 Å². The molecule has 6 nitrogen and oxygen atoms in total. The third kappa shape index (κ3) is 4.97. The van der Waals surface area contributed by atoms with Crippen LogP contribution in [0.3, 0.4) is 0 Å². The molecule has 1 atom stereocenters. The average Bonchev–Trinajstić information content (AvgIpc) is 2.97. The topological polar surface area (TPSA) is 82.2 Å². The first-order chi connectivity index (χ1) is 10.7. The summed E-state index contributed by atoms with van der Waals surface area (Å²) in [5.74, 6) is 0.200. The summed E-state index contributed by atoms with van der Waals surface area (Å²) < 4.78 is 7.30. The van der Waals surface area contributed by atoms with Crippen molar-refractivity contribution in [3.8, 4) is 11.4 Å². The zero-order valence-electron chi connectivity index (χ0n) is 13.4. The number of ether oxygens (including phenoxy) is 1. The molecule has 0 aliphatic carbocycles. The van der Waals surface area contributed by atoms with E-state index in [9.17, 15) is 4.79 Å². The van der Waals surface area contributed by atoms with E-state index < -0.39 is 0 Å². The minimum Gasteiger partial charge on any atom is -0.489 e.